The number of aliphatic hydroxyl groups excluding tert-OH is 2. The molecule has 0 bridgehead atoms. The molecule has 3 aromatic rings. The first-order valence-electron chi connectivity index (χ1n) is 14.4. The van der Waals surface area contributed by atoms with Crippen molar-refractivity contribution in [1.82, 2.24) is 19.7 Å². The average Bonchev–Trinajstić information content (AvgIpc) is 3.52. The summed E-state index contributed by atoms with van der Waals surface area (Å²) < 4.78 is 38.5. The molecular weight excluding hydrogens is 591 g/mol. The van der Waals surface area contributed by atoms with E-state index in [-0.39, 0.29) is 23.1 Å². The first kappa shape index (κ1) is 31.8. The van der Waals surface area contributed by atoms with E-state index in [4.69, 9.17) is 24.3 Å². The number of nitrogens with one attached hydrogen (secondary N) is 1. The van der Waals surface area contributed by atoms with E-state index >= 15 is 0 Å². The molecule has 1 aliphatic carbocycles. The van der Waals surface area contributed by atoms with Crippen molar-refractivity contribution in [2.24, 2.45) is 5.41 Å². The Balaban J connectivity index is 1.34. The minimum absolute atomic E-state index is 0.0392. The molecule has 44 heavy (non-hydrogen) atoms. The first-order chi connectivity index (χ1) is 20.9. The third kappa shape index (κ3) is 6.58. The van der Waals surface area contributed by atoms with Gasteiger partial charge < -0.3 is 29.9 Å². The molecule has 1 aromatic carbocycles. The molecule has 2 aliphatic rings. The summed E-state index contributed by atoms with van der Waals surface area (Å²) in [6.07, 6.45) is -0.276. The van der Waals surface area contributed by atoms with Gasteiger partial charge in [-0.3, -0.25) is 9.32 Å². The third-order valence-corrected chi connectivity index (χ3v) is 9.63. The van der Waals surface area contributed by atoms with Gasteiger partial charge in [-0.25, -0.2) is 14.1 Å². The van der Waals surface area contributed by atoms with Crippen LogP contribution in [0.3, 0.4) is 0 Å². The average molecular weight is 629 g/mol. The van der Waals surface area contributed by atoms with Crippen LogP contribution >= 0.6 is 7.75 Å². The molecule has 0 amide bonds. The van der Waals surface area contributed by atoms with Crippen molar-refractivity contribution in [1.29, 1.82) is 5.26 Å². The van der Waals surface area contributed by atoms with Gasteiger partial charge in [0.2, 0.25) is 5.60 Å². The second-order valence-corrected chi connectivity index (χ2v) is 13.7. The fourth-order valence-corrected chi connectivity index (χ4v) is 7.17. The van der Waals surface area contributed by atoms with Gasteiger partial charge >= 0.3 is 13.7 Å². The van der Waals surface area contributed by atoms with Crippen LogP contribution in [0.25, 0.3) is 5.52 Å². The smallest absolute Gasteiger partial charge is 0.459 e. The Morgan fingerprint density at radius 2 is 2.05 bits per heavy atom. The Labute approximate surface area is 254 Å². The second kappa shape index (κ2) is 12.4. The molecule has 1 saturated heterocycles. The highest BCUT2D eigenvalue weighted by Gasteiger charge is 2.57. The monoisotopic (exact) mass is 628 g/mol. The molecule has 1 aliphatic heterocycles. The molecule has 7 atom stereocenters. The fourth-order valence-electron chi connectivity index (χ4n) is 5.65. The minimum Gasteiger partial charge on any atom is -0.461 e. The zero-order valence-corrected chi connectivity index (χ0v) is 25.6. The minimum atomic E-state index is -4.43. The van der Waals surface area contributed by atoms with Crippen LogP contribution in [0.5, 0.6) is 5.75 Å². The number of ether oxygens (including phenoxy) is 2. The van der Waals surface area contributed by atoms with Crippen molar-refractivity contribution in [2.45, 2.75) is 82.5 Å². The molecule has 0 spiro atoms. The molecule has 0 radical (unpaired) electrons. The van der Waals surface area contributed by atoms with Gasteiger partial charge in [0.05, 0.1) is 5.69 Å². The number of fused-ring (bicyclic) bond motifs is 1. The molecule has 236 valence electrons. The Morgan fingerprint density at radius 1 is 1.30 bits per heavy atom. The van der Waals surface area contributed by atoms with E-state index in [2.05, 4.69) is 29.0 Å². The summed E-state index contributed by atoms with van der Waals surface area (Å²) in [7, 11) is -4.43. The summed E-state index contributed by atoms with van der Waals surface area (Å²) in [6, 6.07) is 12.0. The molecule has 14 nitrogen and oxygen atoms in total. The lowest BCUT2D eigenvalue weighted by Gasteiger charge is -2.35. The SMILES string of the molecule is C[C@H](NP(=O)(OC[C@@]1(C#N)O[C@@H](c2ccc3c(N)ncnn23)[C@H](O)[C@@H]1O)Oc1ccccc1)C(=O)OC1CCCC(C)(C)C1. The van der Waals surface area contributed by atoms with E-state index in [9.17, 15) is 24.8 Å². The number of anilines is 1. The molecule has 3 heterocycles. The molecular formula is C29H37N6O8P. The predicted octanol–water partition coefficient (Wildman–Crippen LogP) is 3.06. The zero-order chi connectivity index (χ0) is 31.7. The van der Waals surface area contributed by atoms with E-state index in [1.807, 2.05) is 6.07 Å². The Bertz CT molecular complexity index is 1580. The number of carbonyl (C=O) groups excluding carboxylic acids is 1. The number of rotatable bonds is 10. The maximum absolute atomic E-state index is 14.1. The van der Waals surface area contributed by atoms with Gasteiger partial charge in [-0.05, 0) is 62.3 Å². The van der Waals surface area contributed by atoms with Crippen molar-refractivity contribution in [2.75, 3.05) is 12.3 Å². The summed E-state index contributed by atoms with van der Waals surface area (Å²) in [6.45, 7) is 4.91. The lowest BCUT2D eigenvalue weighted by molar-refractivity contribution is -0.154. The molecule has 15 heteroatoms. The van der Waals surface area contributed by atoms with Crippen LogP contribution in [0, 0.1) is 16.7 Å². The fraction of sp³-hybridized carbons (Fsp3) is 0.517. The number of carbonyl (C=O) groups is 1. The van der Waals surface area contributed by atoms with Crippen LogP contribution in [0.15, 0.2) is 48.8 Å². The zero-order valence-electron chi connectivity index (χ0n) is 24.7. The summed E-state index contributed by atoms with van der Waals surface area (Å²) in [5.74, 6) is -0.303. The number of nitrogen functional groups attached to an aromatic ring is 1. The number of aromatic nitrogens is 3. The van der Waals surface area contributed by atoms with Crippen LogP contribution in [0.2, 0.25) is 0 Å². The number of aliphatic hydroxyl groups is 2. The van der Waals surface area contributed by atoms with Gasteiger partial charge in [0, 0.05) is 0 Å². The van der Waals surface area contributed by atoms with Gasteiger partial charge in [0.15, 0.2) is 5.82 Å². The maximum atomic E-state index is 14.1. The molecule has 5 rings (SSSR count). The van der Waals surface area contributed by atoms with E-state index in [0.717, 1.165) is 19.3 Å². The molecule has 2 aromatic heterocycles. The number of nitrogens with zero attached hydrogens (tertiary/aromatic N) is 4. The highest BCUT2D eigenvalue weighted by Crippen LogP contribution is 2.48. The molecule has 2 unspecified atom stereocenters. The summed E-state index contributed by atoms with van der Waals surface area (Å²) in [5.41, 5.74) is 4.50. The number of para-hydroxylation sites is 1. The predicted molar refractivity (Wildman–Crippen MR) is 157 cm³/mol. The molecule has 5 N–H and O–H groups in total. The van der Waals surface area contributed by atoms with E-state index < -0.39 is 50.3 Å². The van der Waals surface area contributed by atoms with Gasteiger partial charge in [0.25, 0.3) is 0 Å². The highest BCUT2D eigenvalue weighted by molar-refractivity contribution is 7.52. The van der Waals surface area contributed by atoms with Crippen molar-refractivity contribution in [3.8, 4) is 11.8 Å². The number of esters is 1. The standard InChI is InChI=1S/C29H37N6O8P/c1-18(27(38)41-20-10-7-13-28(2,3)14-20)34-44(39,43-19-8-5-4-6-9-19)40-16-29(15-30)25(37)23(36)24(42-29)21-11-12-22-26(31)32-17-33-35(21)22/h4-6,8-9,11-12,17-18,20,23-25,36-37H,7,10,13-14,16H2,1-3H3,(H,34,39)(H2,31,32,33)/t18-,20?,23-,24-,25-,29+,44?/m0/s1. The molecule has 2 fully saturated rings. The van der Waals surface area contributed by atoms with Crippen molar-refractivity contribution < 1.29 is 38.1 Å². The van der Waals surface area contributed by atoms with Gasteiger partial charge in [-0.1, -0.05) is 32.0 Å². The number of nitrogens with two attached hydrogens (primary N) is 1. The van der Waals surface area contributed by atoms with Crippen LogP contribution in [0.4, 0.5) is 5.82 Å². The van der Waals surface area contributed by atoms with E-state index in [1.54, 1.807) is 30.3 Å². The van der Waals surface area contributed by atoms with Gasteiger partial charge in [-0.15, -0.1) is 0 Å². The number of hydrogen-bond acceptors (Lipinski definition) is 12. The summed E-state index contributed by atoms with van der Waals surface area (Å²) in [5, 5.41) is 38.9. The largest absolute Gasteiger partial charge is 0.461 e. The maximum Gasteiger partial charge on any atom is 0.459 e. The van der Waals surface area contributed by atoms with E-state index in [0.29, 0.717) is 17.6 Å². The third-order valence-electron chi connectivity index (χ3n) is 8.01. The lowest BCUT2D eigenvalue weighted by atomic mass is 9.76. The van der Waals surface area contributed by atoms with Crippen LogP contribution in [0.1, 0.15) is 58.3 Å². The topological polar surface area (TPSA) is 204 Å². The van der Waals surface area contributed by atoms with Crippen LogP contribution < -0.4 is 15.3 Å². The van der Waals surface area contributed by atoms with E-state index in [1.165, 1.54) is 29.9 Å². The Hall–Kier alpha value is -3.57. The lowest BCUT2D eigenvalue weighted by Crippen LogP contribution is -2.46. The molecule has 1 saturated carbocycles. The first-order valence-corrected chi connectivity index (χ1v) is 15.9. The summed E-state index contributed by atoms with van der Waals surface area (Å²) in [4.78, 5) is 17.0. The highest BCUT2D eigenvalue weighted by atomic mass is 31.2. The quantitative estimate of drug-likeness (QED) is 0.189. The van der Waals surface area contributed by atoms with Crippen molar-refractivity contribution >= 4 is 25.1 Å². The normalized spacial score (nSPS) is 28.5. The Morgan fingerprint density at radius 3 is 2.75 bits per heavy atom. The number of benzene rings is 1. The van der Waals surface area contributed by atoms with Crippen LogP contribution in [-0.2, 0) is 23.4 Å². The van der Waals surface area contributed by atoms with Crippen molar-refractivity contribution in [3.05, 3.63) is 54.5 Å². The van der Waals surface area contributed by atoms with Gasteiger partial charge in [-0.2, -0.15) is 15.4 Å². The second-order valence-electron chi connectivity index (χ2n) is 12.0. The Kier molecular flexibility index (Phi) is 9.00. The number of nitriles is 1. The van der Waals surface area contributed by atoms with Gasteiger partial charge in [0.1, 0.15) is 60.7 Å². The van der Waals surface area contributed by atoms with Crippen molar-refractivity contribution in [3.63, 3.8) is 0 Å². The number of hydrogen-bond donors (Lipinski definition) is 4. The summed E-state index contributed by atoms with van der Waals surface area (Å²) >= 11 is 0. The van der Waals surface area contributed by atoms with Crippen LogP contribution in [-0.4, -0.2) is 67.3 Å².